The molecule has 0 saturated heterocycles. The molecule has 2 aromatic rings. The van der Waals surface area contributed by atoms with Gasteiger partial charge in [0.2, 0.25) is 0 Å². The van der Waals surface area contributed by atoms with Crippen molar-refractivity contribution in [2.75, 3.05) is 11.9 Å². The fourth-order valence-corrected chi connectivity index (χ4v) is 2.79. The molecule has 2 aromatic heterocycles. The van der Waals surface area contributed by atoms with Gasteiger partial charge in [0.15, 0.2) is 5.82 Å². The van der Waals surface area contributed by atoms with Crippen LogP contribution >= 0.6 is 50.7 Å². The van der Waals surface area contributed by atoms with E-state index in [0.29, 0.717) is 15.3 Å². The van der Waals surface area contributed by atoms with E-state index in [1.54, 1.807) is 6.07 Å². The fourth-order valence-electron chi connectivity index (χ4n) is 1.52. The maximum Gasteiger partial charge on any atom is 0.263 e. The number of halogens is 4. The molecule has 2 rings (SSSR count). The van der Waals surface area contributed by atoms with E-state index in [4.69, 9.17) is 34.8 Å². The molecule has 0 aliphatic carbocycles. The molecule has 0 N–H and O–H groups in total. The summed E-state index contributed by atoms with van der Waals surface area (Å²) in [4.78, 5) is 21.6. The van der Waals surface area contributed by atoms with E-state index >= 15 is 0 Å². The van der Waals surface area contributed by atoms with Gasteiger partial charge in [-0.15, -0.1) is 0 Å². The highest BCUT2D eigenvalue weighted by Gasteiger charge is 2.22. The quantitative estimate of drug-likeness (QED) is 0.705. The van der Waals surface area contributed by atoms with Crippen LogP contribution < -0.4 is 4.90 Å². The Labute approximate surface area is 138 Å². The Kier molecular flexibility index (Phi) is 4.86. The van der Waals surface area contributed by atoms with Crippen LogP contribution in [0.15, 0.2) is 29.0 Å². The summed E-state index contributed by atoms with van der Waals surface area (Å²) >= 11 is 21.2. The third-order valence-electron chi connectivity index (χ3n) is 2.48. The van der Waals surface area contributed by atoms with Crippen molar-refractivity contribution in [2.24, 2.45) is 0 Å². The van der Waals surface area contributed by atoms with Gasteiger partial charge in [-0.05, 0) is 28.1 Å². The lowest BCUT2D eigenvalue weighted by Crippen LogP contribution is -2.28. The number of hydrogen-bond acceptors (Lipinski definition) is 3. The third-order valence-corrected chi connectivity index (χ3v) is 3.79. The molecule has 4 nitrogen and oxygen atoms in total. The standard InChI is InChI=1S/C12H7BrCl3N3O/c1-19(11-8(15)4-6(13)5-18-11)12(20)9-7(14)2-3-17-10(9)16/h2-5H,1H3. The molecule has 0 radical (unpaired) electrons. The molecule has 0 unspecified atom stereocenters. The fraction of sp³-hybridized carbons (Fsp3) is 0.0833. The highest BCUT2D eigenvalue weighted by molar-refractivity contribution is 9.10. The van der Waals surface area contributed by atoms with Gasteiger partial charge in [-0.2, -0.15) is 0 Å². The number of amides is 1. The number of pyridine rings is 2. The Hall–Kier alpha value is -0.880. The Morgan fingerprint density at radius 1 is 1.25 bits per heavy atom. The van der Waals surface area contributed by atoms with E-state index in [9.17, 15) is 4.79 Å². The zero-order valence-corrected chi connectivity index (χ0v) is 13.9. The van der Waals surface area contributed by atoms with Gasteiger partial charge in [0.25, 0.3) is 5.91 Å². The van der Waals surface area contributed by atoms with Crippen molar-refractivity contribution in [3.63, 3.8) is 0 Å². The molecule has 0 spiro atoms. The molecule has 20 heavy (non-hydrogen) atoms. The van der Waals surface area contributed by atoms with E-state index in [1.165, 1.54) is 30.4 Å². The van der Waals surface area contributed by atoms with Crippen LogP contribution in [0.1, 0.15) is 10.4 Å². The van der Waals surface area contributed by atoms with Crippen LogP contribution in [0.5, 0.6) is 0 Å². The number of anilines is 1. The number of carbonyl (C=O) groups is 1. The van der Waals surface area contributed by atoms with Crippen molar-refractivity contribution in [1.82, 2.24) is 9.97 Å². The molecule has 0 aliphatic heterocycles. The largest absolute Gasteiger partial charge is 0.294 e. The molecule has 0 fully saturated rings. The predicted molar refractivity (Wildman–Crippen MR) is 83.9 cm³/mol. The molecule has 104 valence electrons. The second-order valence-corrected chi connectivity index (χ2v) is 5.87. The number of aromatic nitrogens is 2. The van der Waals surface area contributed by atoms with Crippen molar-refractivity contribution in [3.8, 4) is 0 Å². The van der Waals surface area contributed by atoms with E-state index in [-0.39, 0.29) is 15.7 Å². The lowest BCUT2D eigenvalue weighted by molar-refractivity contribution is 0.0992. The van der Waals surface area contributed by atoms with Crippen LogP contribution in [0.4, 0.5) is 5.82 Å². The normalized spacial score (nSPS) is 10.4. The number of hydrogen-bond donors (Lipinski definition) is 0. The minimum Gasteiger partial charge on any atom is -0.294 e. The smallest absolute Gasteiger partial charge is 0.263 e. The van der Waals surface area contributed by atoms with Crippen molar-refractivity contribution < 1.29 is 4.79 Å². The average molecular weight is 395 g/mol. The number of nitrogens with zero attached hydrogens (tertiary/aromatic N) is 3. The van der Waals surface area contributed by atoms with Gasteiger partial charge >= 0.3 is 0 Å². The summed E-state index contributed by atoms with van der Waals surface area (Å²) in [7, 11) is 1.53. The SMILES string of the molecule is CN(C(=O)c1c(Cl)ccnc1Cl)c1ncc(Br)cc1Cl. The molecular formula is C12H7BrCl3N3O. The third kappa shape index (κ3) is 3.06. The van der Waals surface area contributed by atoms with Crippen molar-refractivity contribution >= 4 is 62.5 Å². The highest BCUT2D eigenvalue weighted by Crippen LogP contribution is 2.29. The molecular weight excluding hydrogens is 388 g/mol. The van der Waals surface area contributed by atoms with E-state index in [0.717, 1.165) is 0 Å². The van der Waals surface area contributed by atoms with Gasteiger partial charge in [-0.1, -0.05) is 34.8 Å². The summed E-state index contributed by atoms with van der Waals surface area (Å²) < 4.78 is 0.713. The predicted octanol–water partition coefficient (Wildman–Crippen LogP) is 4.48. The van der Waals surface area contributed by atoms with Crippen LogP contribution in [-0.2, 0) is 0 Å². The van der Waals surface area contributed by atoms with Gasteiger partial charge in [0, 0.05) is 23.9 Å². The molecule has 8 heteroatoms. The van der Waals surface area contributed by atoms with Gasteiger partial charge in [-0.25, -0.2) is 9.97 Å². The number of carbonyl (C=O) groups excluding carboxylic acids is 1. The van der Waals surface area contributed by atoms with Gasteiger partial charge < -0.3 is 0 Å². The van der Waals surface area contributed by atoms with Crippen molar-refractivity contribution in [3.05, 3.63) is 49.8 Å². The summed E-state index contributed by atoms with van der Waals surface area (Å²) in [5.41, 5.74) is 0.110. The lowest BCUT2D eigenvalue weighted by atomic mass is 10.2. The second-order valence-electron chi connectivity index (χ2n) is 3.78. The van der Waals surface area contributed by atoms with Crippen LogP contribution in [0.25, 0.3) is 0 Å². The Bertz CT molecular complexity index is 661. The zero-order chi connectivity index (χ0) is 14.9. The van der Waals surface area contributed by atoms with Gasteiger partial charge in [0.05, 0.1) is 15.6 Å². The Balaban J connectivity index is 2.43. The monoisotopic (exact) mass is 393 g/mol. The van der Waals surface area contributed by atoms with Gasteiger partial charge in [0.1, 0.15) is 5.15 Å². The Morgan fingerprint density at radius 3 is 2.55 bits per heavy atom. The summed E-state index contributed by atoms with van der Waals surface area (Å²) in [5, 5.41) is 0.573. The molecule has 0 aromatic carbocycles. The second kappa shape index (κ2) is 6.26. The Morgan fingerprint density at radius 2 is 1.95 bits per heavy atom. The van der Waals surface area contributed by atoms with Crippen molar-refractivity contribution in [1.29, 1.82) is 0 Å². The molecule has 1 amide bonds. The molecule has 0 aliphatic rings. The van der Waals surface area contributed by atoms with Gasteiger partial charge in [-0.3, -0.25) is 9.69 Å². The maximum atomic E-state index is 12.4. The van der Waals surface area contributed by atoms with Crippen molar-refractivity contribution in [2.45, 2.75) is 0 Å². The topological polar surface area (TPSA) is 46.1 Å². The first-order chi connectivity index (χ1) is 9.41. The first-order valence-corrected chi connectivity index (χ1v) is 7.23. The summed E-state index contributed by atoms with van der Waals surface area (Å²) in [5.74, 6) is -0.138. The van der Waals surface area contributed by atoms with E-state index < -0.39 is 5.91 Å². The first kappa shape index (κ1) is 15.5. The maximum absolute atomic E-state index is 12.4. The summed E-state index contributed by atoms with van der Waals surface area (Å²) in [6.07, 6.45) is 2.96. The lowest BCUT2D eigenvalue weighted by Gasteiger charge is -2.18. The van der Waals surface area contributed by atoms with E-state index in [1.807, 2.05) is 0 Å². The summed E-state index contributed by atoms with van der Waals surface area (Å²) in [6, 6.07) is 3.13. The zero-order valence-electron chi connectivity index (χ0n) is 10.1. The van der Waals surface area contributed by atoms with Crippen LogP contribution in [0.2, 0.25) is 15.2 Å². The molecule has 0 saturated carbocycles. The molecule has 2 heterocycles. The first-order valence-electron chi connectivity index (χ1n) is 5.31. The van der Waals surface area contributed by atoms with Crippen LogP contribution in [0.3, 0.4) is 0 Å². The minimum atomic E-state index is -0.440. The average Bonchev–Trinajstić information content (AvgIpc) is 2.37. The molecule has 0 atom stereocenters. The van der Waals surface area contributed by atoms with E-state index in [2.05, 4.69) is 25.9 Å². The minimum absolute atomic E-state index is 0.0302. The number of rotatable bonds is 2. The highest BCUT2D eigenvalue weighted by atomic mass is 79.9. The van der Waals surface area contributed by atoms with Crippen LogP contribution in [-0.4, -0.2) is 22.9 Å². The summed E-state index contributed by atoms with van der Waals surface area (Å²) in [6.45, 7) is 0. The molecule has 0 bridgehead atoms. The van der Waals surface area contributed by atoms with Crippen LogP contribution in [0, 0.1) is 0 Å².